The maximum atomic E-state index is 12.6. The second-order valence-corrected chi connectivity index (χ2v) is 9.28. The van der Waals surface area contributed by atoms with E-state index in [-0.39, 0.29) is 0 Å². The smallest absolute Gasteiger partial charge is 0.303 e. The number of rotatable bonds is 13. The third kappa shape index (κ3) is 7.03. The van der Waals surface area contributed by atoms with Crippen molar-refractivity contribution in [2.75, 3.05) is 5.43 Å². The second-order valence-electron chi connectivity index (χ2n) is 8.36. The molecule has 0 aliphatic carbocycles. The molecular formula is C25H33BrN6O2. The van der Waals surface area contributed by atoms with Crippen molar-refractivity contribution in [2.24, 2.45) is 12.1 Å². The lowest BCUT2D eigenvalue weighted by Crippen LogP contribution is -2.29. The molecule has 0 fully saturated rings. The summed E-state index contributed by atoms with van der Waals surface area (Å²) in [4.78, 5) is 31.5. The molecule has 0 unspecified atom stereocenters. The highest BCUT2D eigenvalue weighted by molar-refractivity contribution is 9.12. The van der Waals surface area contributed by atoms with Crippen LogP contribution in [0.25, 0.3) is 17.2 Å². The Hall–Kier alpha value is -2.94. The molecule has 0 radical (unpaired) electrons. The van der Waals surface area contributed by atoms with E-state index in [0.29, 0.717) is 23.7 Å². The second kappa shape index (κ2) is 13.1. The molecule has 2 N–H and O–H groups in total. The van der Waals surface area contributed by atoms with Crippen molar-refractivity contribution >= 4 is 45.3 Å². The minimum atomic E-state index is -0.488. The van der Waals surface area contributed by atoms with Crippen molar-refractivity contribution in [1.82, 2.24) is 19.1 Å². The zero-order valence-corrected chi connectivity index (χ0v) is 21.5. The molecule has 0 bridgehead atoms. The van der Waals surface area contributed by atoms with E-state index in [0.717, 1.165) is 22.9 Å². The van der Waals surface area contributed by atoms with Crippen LogP contribution < -0.4 is 16.7 Å². The summed E-state index contributed by atoms with van der Waals surface area (Å²) in [6.07, 6.45) is 13.1. The standard InChI is InChI=1S/C25H33BrN6O2/c1-3-4-5-6-7-8-9-13-16-32-21-22(31(2)25(34)29-23(21)33)28-24(32)30-27-18-20(26)17-19-14-11-10-12-15-19/h10-12,14-15,17-18H,3-9,13,16H2,1-2H3,(H,28,30)(H,29,33,34). The zero-order valence-electron chi connectivity index (χ0n) is 19.9. The number of hydrogen-bond donors (Lipinski definition) is 2. The third-order valence-corrected chi connectivity index (χ3v) is 6.13. The summed E-state index contributed by atoms with van der Waals surface area (Å²) in [6.45, 7) is 2.84. The number of fused-ring (bicyclic) bond motifs is 1. The van der Waals surface area contributed by atoms with Gasteiger partial charge in [0.05, 0.1) is 6.21 Å². The average Bonchev–Trinajstić information content (AvgIpc) is 3.19. The van der Waals surface area contributed by atoms with Crippen molar-refractivity contribution in [3.05, 3.63) is 61.2 Å². The minimum absolute atomic E-state index is 0.338. The SMILES string of the molecule is CCCCCCCCCCn1c(NN=CC(Br)=Cc2ccccc2)nc2c1c(=O)[nH]c(=O)n2C. The number of aryl methyl sites for hydroxylation is 2. The Morgan fingerprint density at radius 3 is 2.47 bits per heavy atom. The molecule has 2 aromatic heterocycles. The number of nitrogens with one attached hydrogen (secondary N) is 2. The minimum Gasteiger partial charge on any atom is -0.303 e. The largest absolute Gasteiger partial charge is 0.329 e. The monoisotopic (exact) mass is 528 g/mol. The first kappa shape index (κ1) is 25.7. The summed E-state index contributed by atoms with van der Waals surface area (Å²) in [7, 11) is 1.60. The number of halogens is 1. The third-order valence-electron chi connectivity index (χ3n) is 5.70. The summed E-state index contributed by atoms with van der Waals surface area (Å²) in [5.74, 6) is 0.431. The van der Waals surface area contributed by atoms with Crippen LogP contribution in [0.1, 0.15) is 63.9 Å². The van der Waals surface area contributed by atoms with Crippen molar-refractivity contribution in [3.8, 4) is 0 Å². The van der Waals surface area contributed by atoms with E-state index in [1.54, 1.807) is 13.3 Å². The number of unbranched alkanes of at least 4 members (excludes halogenated alkanes) is 7. The predicted molar refractivity (Wildman–Crippen MR) is 144 cm³/mol. The van der Waals surface area contributed by atoms with E-state index < -0.39 is 11.2 Å². The lowest BCUT2D eigenvalue weighted by Gasteiger charge is -2.08. The number of H-pyrrole nitrogens is 1. The van der Waals surface area contributed by atoms with Crippen LogP contribution >= 0.6 is 15.9 Å². The summed E-state index contributed by atoms with van der Waals surface area (Å²) < 4.78 is 3.94. The fourth-order valence-electron chi connectivity index (χ4n) is 3.84. The average molecular weight is 529 g/mol. The zero-order chi connectivity index (χ0) is 24.3. The van der Waals surface area contributed by atoms with Crippen molar-refractivity contribution in [1.29, 1.82) is 0 Å². The molecule has 1 aromatic carbocycles. The van der Waals surface area contributed by atoms with Gasteiger partial charge in [-0.05, 0) is 34.0 Å². The van der Waals surface area contributed by atoms with Crippen LogP contribution in [0.3, 0.4) is 0 Å². The normalized spacial score (nSPS) is 12.1. The first-order chi connectivity index (χ1) is 16.5. The number of allylic oxidation sites excluding steroid dienone is 1. The summed E-state index contributed by atoms with van der Waals surface area (Å²) in [5.41, 5.74) is 3.79. The number of hydrogen-bond acceptors (Lipinski definition) is 5. The van der Waals surface area contributed by atoms with Gasteiger partial charge in [0, 0.05) is 18.1 Å². The van der Waals surface area contributed by atoms with Crippen LogP contribution in [-0.2, 0) is 13.6 Å². The molecule has 0 saturated carbocycles. The van der Waals surface area contributed by atoms with Crippen LogP contribution in [0.4, 0.5) is 5.95 Å². The molecule has 8 nitrogen and oxygen atoms in total. The van der Waals surface area contributed by atoms with Gasteiger partial charge in [-0.1, -0.05) is 82.2 Å². The van der Waals surface area contributed by atoms with Gasteiger partial charge in [-0.2, -0.15) is 10.1 Å². The number of imidazole rings is 1. The Morgan fingerprint density at radius 1 is 1.09 bits per heavy atom. The lowest BCUT2D eigenvalue weighted by atomic mass is 10.1. The highest BCUT2D eigenvalue weighted by atomic mass is 79.9. The molecule has 3 rings (SSSR count). The quantitative estimate of drug-likeness (QED) is 0.176. The molecule has 0 spiro atoms. The highest BCUT2D eigenvalue weighted by Crippen LogP contribution is 2.18. The molecule has 2 heterocycles. The highest BCUT2D eigenvalue weighted by Gasteiger charge is 2.16. The molecule has 0 aliphatic rings. The number of benzene rings is 1. The van der Waals surface area contributed by atoms with Crippen LogP contribution in [0, 0.1) is 0 Å². The summed E-state index contributed by atoms with van der Waals surface area (Å²) >= 11 is 3.50. The number of hydrazone groups is 1. The van der Waals surface area contributed by atoms with Gasteiger partial charge in [-0.3, -0.25) is 14.3 Å². The summed E-state index contributed by atoms with van der Waals surface area (Å²) in [5, 5.41) is 4.29. The Balaban J connectivity index is 1.74. The molecule has 34 heavy (non-hydrogen) atoms. The molecule has 0 amide bonds. The lowest BCUT2D eigenvalue weighted by molar-refractivity contribution is 0.549. The fraction of sp³-hybridized carbons (Fsp3) is 0.440. The van der Waals surface area contributed by atoms with Crippen molar-refractivity contribution < 1.29 is 0 Å². The fourth-order valence-corrected chi connectivity index (χ4v) is 4.21. The van der Waals surface area contributed by atoms with Crippen LogP contribution in [0.5, 0.6) is 0 Å². The number of aromatic nitrogens is 4. The van der Waals surface area contributed by atoms with E-state index in [2.05, 4.69) is 43.3 Å². The van der Waals surface area contributed by atoms with Gasteiger partial charge in [0.2, 0.25) is 5.95 Å². The van der Waals surface area contributed by atoms with Crippen LogP contribution in [-0.4, -0.2) is 25.3 Å². The number of aromatic amines is 1. The predicted octanol–water partition coefficient (Wildman–Crippen LogP) is 5.40. The molecule has 0 atom stereocenters. The van der Waals surface area contributed by atoms with Gasteiger partial charge >= 0.3 is 5.69 Å². The van der Waals surface area contributed by atoms with E-state index in [1.807, 2.05) is 41.0 Å². The summed E-state index contributed by atoms with van der Waals surface area (Å²) in [6, 6.07) is 9.90. The van der Waals surface area contributed by atoms with E-state index in [4.69, 9.17) is 0 Å². The van der Waals surface area contributed by atoms with Gasteiger partial charge in [0.15, 0.2) is 11.2 Å². The molecular weight excluding hydrogens is 496 g/mol. The number of anilines is 1. The Morgan fingerprint density at radius 2 is 1.76 bits per heavy atom. The Labute approximate surface area is 207 Å². The molecule has 0 saturated heterocycles. The molecule has 9 heteroatoms. The topological polar surface area (TPSA) is 97.1 Å². The first-order valence-electron chi connectivity index (χ1n) is 11.9. The first-order valence-corrected chi connectivity index (χ1v) is 12.7. The van der Waals surface area contributed by atoms with Crippen LogP contribution in [0.2, 0.25) is 0 Å². The number of nitrogens with zero attached hydrogens (tertiary/aromatic N) is 4. The molecule has 3 aromatic rings. The molecule has 0 aliphatic heterocycles. The Kier molecular flexibility index (Phi) is 9.88. The van der Waals surface area contributed by atoms with E-state index in [9.17, 15) is 9.59 Å². The van der Waals surface area contributed by atoms with Gasteiger partial charge in [0.25, 0.3) is 5.56 Å². The van der Waals surface area contributed by atoms with Crippen molar-refractivity contribution in [3.63, 3.8) is 0 Å². The van der Waals surface area contributed by atoms with E-state index >= 15 is 0 Å². The van der Waals surface area contributed by atoms with Gasteiger partial charge in [0.1, 0.15) is 0 Å². The maximum Gasteiger partial charge on any atom is 0.329 e. The molecule has 182 valence electrons. The van der Waals surface area contributed by atoms with Gasteiger partial charge < -0.3 is 4.57 Å². The maximum absolute atomic E-state index is 12.6. The van der Waals surface area contributed by atoms with E-state index in [1.165, 1.54) is 43.1 Å². The Bertz CT molecular complexity index is 1240. The van der Waals surface area contributed by atoms with Gasteiger partial charge in [-0.15, -0.1) is 0 Å². The van der Waals surface area contributed by atoms with Crippen LogP contribution in [0.15, 0.2) is 49.5 Å². The van der Waals surface area contributed by atoms with Crippen molar-refractivity contribution in [2.45, 2.75) is 64.8 Å². The van der Waals surface area contributed by atoms with Gasteiger partial charge in [-0.25, -0.2) is 10.2 Å².